The first kappa shape index (κ1) is 25.7. The number of hydrogen-bond donors (Lipinski definition) is 2. The Kier molecular flexibility index (Phi) is 6.28. The minimum Gasteiger partial charge on any atom is -0.478 e. The number of carboxylic acids is 1. The summed E-state index contributed by atoms with van der Waals surface area (Å²) in [6, 6.07) is 0. The monoisotopic (exact) mass is 470 g/mol. The lowest BCUT2D eigenvalue weighted by Gasteiger charge is -2.63. The van der Waals surface area contributed by atoms with Gasteiger partial charge in [0.15, 0.2) is 5.78 Å². The quantitative estimate of drug-likeness (QED) is 0.445. The first-order valence-corrected chi connectivity index (χ1v) is 13.5. The van der Waals surface area contributed by atoms with Gasteiger partial charge in [-0.3, -0.25) is 4.79 Å². The fraction of sp³-hybridized carbons (Fsp3) is 0.800. The Morgan fingerprint density at radius 3 is 2.44 bits per heavy atom. The lowest BCUT2D eigenvalue weighted by molar-refractivity contribution is -0.157. The van der Waals surface area contributed by atoms with E-state index in [1.54, 1.807) is 6.92 Å². The number of aliphatic hydroxyl groups excluding tert-OH is 1. The number of carbonyl (C=O) groups excluding carboxylic acids is 1. The fourth-order valence-electron chi connectivity index (χ4n) is 9.40. The second-order valence-corrected chi connectivity index (χ2v) is 13.5. The molecular formula is C30H46O4. The van der Waals surface area contributed by atoms with Crippen LogP contribution >= 0.6 is 0 Å². The Hall–Kier alpha value is -1.42. The van der Waals surface area contributed by atoms with Crippen molar-refractivity contribution in [1.29, 1.82) is 0 Å². The third kappa shape index (κ3) is 3.49. The fourth-order valence-corrected chi connectivity index (χ4v) is 9.40. The van der Waals surface area contributed by atoms with Crippen molar-refractivity contribution >= 4 is 11.8 Å². The van der Waals surface area contributed by atoms with E-state index in [4.69, 9.17) is 5.11 Å². The van der Waals surface area contributed by atoms with Gasteiger partial charge in [0.25, 0.3) is 0 Å². The van der Waals surface area contributed by atoms with E-state index in [1.807, 2.05) is 12.2 Å². The molecule has 4 nitrogen and oxygen atoms in total. The van der Waals surface area contributed by atoms with Crippen LogP contribution in [0, 0.1) is 45.3 Å². The Bertz CT molecular complexity index is 928. The number of allylic oxidation sites excluding steroid dienone is 3. The van der Waals surface area contributed by atoms with Crippen molar-refractivity contribution in [3.8, 4) is 0 Å². The molecule has 0 aliphatic heterocycles. The van der Waals surface area contributed by atoms with Gasteiger partial charge in [0, 0.05) is 16.9 Å². The zero-order chi connectivity index (χ0) is 25.3. The zero-order valence-electron chi connectivity index (χ0n) is 22.4. The van der Waals surface area contributed by atoms with Crippen molar-refractivity contribution in [2.75, 3.05) is 0 Å². The number of aliphatic carboxylic acids is 1. The molecule has 0 aromatic rings. The van der Waals surface area contributed by atoms with Crippen LogP contribution in [-0.2, 0) is 9.59 Å². The molecule has 0 bridgehead atoms. The summed E-state index contributed by atoms with van der Waals surface area (Å²) in [5.41, 5.74) is 1.58. The summed E-state index contributed by atoms with van der Waals surface area (Å²) in [5, 5.41) is 19.9. The number of aliphatic hydroxyl groups is 1. The van der Waals surface area contributed by atoms with Gasteiger partial charge in [0.1, 0.15) is 0 Å². The van der Waals surface area contributed by atoms with Crippen LogP contribution in [-0.4, -0.2) is 28.1 Å². The second kappa shape index (κ2) is 8.32. The molecule has 3 unspecified atom stereocenters. The van der Waals surface area contributed by atoms with E-state index in [0.29, 0.717) is 23.3 Å². The van der Waals surface area contributed by atoms with Crippen LogP contribution in [0.5, 0.6) is 0 Å². The number of carbonyl (C=O) groups is 2. The van der Waals surface area contributed by atoms with Crippen molar-refractivity contribution in [3.05, 3.63) is 23.3 Å². The maximum absolute atomic E-state index is 13.7. The molecule has 0 spiro atoms. The van der Waals surface area contributed by atoms with Crippen LogP contribution in [0.25, 0.3) is 0 Å². The molecular weight excluding hydrogens is 424 g/mol. The van der Waals surface area contributed by atoms with Crippen LogP contribution in [0.4, 0.5) is 0 Å². The van der Waals surface area contributed by atoms with Gasteiger partial charge in [-0.1, -0.05) is 53.2 Å². The highest BCUT2D eigenvalue weighted by molar-refractivity contribution is 5.95. The molecule has 0 aromatic heterocycles. The highest BCUT2D eigenvalue weighted by atomic mass is 16.4. The summed E-state index contributed by atoms with van der Waals surface area (Å²) in [4.78, 5) is 24.9. The largest absolute Gasteiger partial charge is 0.478 e. The van der Waals surface area contributed by atoms with E-state index in [0.717, 1.165) is 38.5 Å². The molecule has 3 fully saturated rings. The van der Waals surface area contributed by atoms with E-state index >= 15 is 0 Å². The lowest BCUT2D eigenvalue weighted by atomic mass is 9.40. The SMILES string of the molecule is C/C(=C/CCC(C)[C@@H]1CC[C@]2(C)C3=CC(=O)C4C(C)(C)[C@H](O)CC[C@]4(C)C3CC[C@@]12C)C(=O)O. The highest BCUT2D eigenvalue weighted by Gasteiger charge is 2.66. The van der Waals surface area contributed by atoms with Crippen LogP contribution < -0.4 is 0 Å². The number of fused-ring (bicyclic) bond motifs is 5. The summed E-state index contributed by atoms with van der Waals surface area (Å²) in [7, 11) is 0. The molecule has 4 heteroatoms. The van der Waals surface area contributed by atoms with E-state index in [-0.39, 0.29) is 33.4 Å². The third-order valence-corrected chi connectivity index (χ3v) is 11.7. The Morgan fingerprint density at radius 1 is 1.12 bits per heavy atom. The van der Waals surface area contributed by atoms with Crippen molar-refractivity contribution < 1.29 is 19.8 Å². The molecule has 0 radical (unpaired) electrons. The topological polar surface area (TPSA) is 74.6 Å². The highest BCUT2D eigenvalue weighted by Crippen LogP contribution is 2.73. The lowest BCUT2D eigenvalue weighted by Crippen LogP contribution is -2.60. The van der Waals surface area contributed by atoms with Crippen LogP contribution in [0.15, 0.2) is 23.3 Å². The molecule has 0 saturated heterocycles. The molecule has 2 N–H and O–H groups in total. The van der Waals surface area contributed by atoms with Gasteiger partial charge in [-0.05, 0) is 98.4 Å². The molecule has 0 amide bonds. The van der Waals surface area contributed by atoms with Gasteiger partial charge in [0.05, 0.1) is 6.10 Å². The summed E-state index contributed by atoms with van der Waals surface area (Å²) in [6.45, 7) is 15.5. The van der Waals surface area contributed by atoms with Gasteiger partial charge in [-0.15, -0.1) is 0 Å². The van der Waals surface area contributed by atoms with Crippen molar-refractivity contribution in [1.82, 2.24) is 0 Å². The van der Waals surface area contributed by atoms with Crippen LogP contribution in [0.2, 0.25) is 0 Å². The van der Waals surface area contributed by atoms with E-state index < -0.39 is 12.1 Å². The van der Waals surface area contributed by atoms with Crippen molar-refractivity contribution in [2.45, 2.75) is 106 Å². The predicted molar refractivity (Wildman–Crippen MR) is 135 cm³/mol. The van der Waals surface area contributed by atoms with E-state index in [9.17, 15) is 14.7 Å². The number of rotatable bonds is 5. The molecule has 4 rings (SSSR count). The summed E-state index contributed by atoms with van der Waals surface area (Å²) in [6.07, 6.45) is 11.7. The number of ketones is 1. The first-order valence-electron chi connectivity index (χ1n) is 13.5. The summed E-state index contributed by atoms with van der Waals surface area (Å²) >= 11 is 0. The molecule has 3 saturated carbocycles. The Labute approximate surface area is 206 Å². The minimum absolute atomic E-state index is 0.0332. The number of carboxylic acid groups (broad SMARTS) is 1. The average molecular weight is 471 g/mol. The van der Waals surface area contributed by atoms with Crippen molar-refractivity contribution in [2.24, 2.45) is 45.3 Å². The maximum Gasteiger partial charge on any atom is 0.330 e. The summed E-state index contributed by atoms with van der Waals surface area (Å²) < 4.78 is 0. The first-order chi connectivity index (χ1) is 15.7. The van der Waals surface area contributed by atoms with E-state index in [2.05, 4.69) is 41.5 Å². The Balaban J connectivity index is 1.63. The Morgan fingerprint density at radius 2 is 1.79 bits per heavy atom. The standard InChI is InChI=1S/C30H46O4/c1-18(9-8-10-19(2)26(33)34)20-11-15-30(7)22-17-23(31)25-27(3,4)24(32)13-14-28(25,5)21(22)12-16-29(20,30)6/h10,17-18,20-21,24-25,32H,8-9,11-16H2,1-7H3,(H,33,34)/b19-10-/t18?,20-,21?,24+,25?,28+,29-,30+/m0/s1. The smallest absolute Gasteiger partial charge is 0.330 e. The normalized spacial score (nSPS) is 44.5. The maximum atomic E-state index is 13.7. The minimum atomic E-state index is -0.828. The molecule has 8 atom stereocenters. The molecule has 4 aliphatic carbocycles. The van der Waals surface area contributed by atoms with Crippen molar-refractivity contribution in [3.63, 3.8) is 0 Å². The molecule has 34 heavy (non-hydrogen) atoms. The van der Waals surface area contributed by atoms with Crippen LogP contribution in [0.3, 0.4) is 0 Å². The van der Waals surface area contributed by atoms with Gasteiger partial charge in [-0.2, -0.15) is 0 Å². The number of hydrogen-bond acceptors (Lipinski definition) is 3. The molecule has 4 aliphatic rings. The average Bonchev–Trinajstić information content (AvgIpc) is 3.02. The third-order valence-electron chi connectivity index (χ3n) is 11.7. The second-order valence-electron chi connectivity index (χ2n) is 13.5. The van der Waals surface area contributed by atoms with Gasteiger partial charge < -0.3 is 10.2 Å². The van der Waals surface area contributed by atoms with Gasteiger partial charge >= 0.3 is 5.97 Å². The van der Waals surface area contributed by atoms with Gasteiger partial charge in [-0.25, -0.2) is 4.79 Å². The van der Waals surface area contributed by atoms with Crippen LogP contribution in [0.1, 0.15) is 99.8 Å². The van der Waals surface area contributed by atoms with Gasteiger partial charge in [0.2, 0.25) is 0 Å². The zero-order valence-corrected chi connectivity index (χ0v) is 22.4. The summed E-state index contributed by atoms with van der Waals surface area (Å²) in [5.74, 6) is 0.844. The van der Waals surface area contributed by atoms with E-state index in [1.165, 1.54) is 18.4 Å². The predicted octanol–water partition coefficient (Wildman–Crippen LogP) is 6.58. The molecule has 0 aromatic carbocycles. The molecule has 190 valence electrons. The molecule has 0 heterocycles.